The van der Waals surface area contributed by atoms with Gasteiger partial charge in [0, 0.05) is 25.4 Å². The van der Waals surface area contributed by atoms with Crippen LogP contribution in [0.25, 0.3) is 0 Å². The zero-order valence-electron chi connectivity index (χ0n) is 10.6. The van der Waals surface area contributed by atoms with Crippen LogP contribution in [0.4, 0.5) is 0 Å². The van der Waals surface area contributed by atoms with Crippen molar-refractivity contribution in [1.29, 1.82) is 0 Å². The Labute approximate surface area is 113 Å². The van der Waals surface area contributed by atoms with E-state index in [2.05, 4.69) is 0 Å². The first-order valence-corrected chi connectivity index (χ1v) is 7.41. The van der Waals surface area contributed by atoms with Crippen molar-refractivity contribution in [1.82, 2.24) is 4.90 Å². The monoisotopic (exact) mass is 273 g/mol. The van der Waals surface area contributed by atoms with E-state index in [1.165, 1.54) is 6.42 Å². The molecule has 5 heteroatoms. The molecule has 0 aromatic carbocycles. The van der Waals surface area contributed by atoms with E-state index < -0.39 is 0 Å². The molecule has 3 aliphatic rings. The number of rotatable bonds is 1. The molecule has 0 aromatic heterocycles. The lowest BCUT2D eigenvalue weighted by molar-refractivity contribution is -0.201. The average Bonchev–Trinajstić information content (AvgIpc) is 2.85. The standard InChI is InChI=1S/C13H20ClNO3/c14-9-12(16)15-5-1-2-10-8-13(4-3-11(10)15)17-6-7-18-13/h10-11H,1-9H2/t10-,11+/m1/s1. The van der Waals surface area contributed by atoms with Gasteiger partial charge in [0.2, 0.25) is 5.91 Å². The van der Waals surface area contributed by atoms with Gasteiger partial charge in [-0.05, 0) is 25.2 Å². The molecule has 2 atom stereocenters. The highest BCUT2D eigenvalue weighted by atomic mass is 35.5. The third-order valence-corrected chi connectivity index (χ3v) is 4.79. The van der Waals surface area contributed by atoms with Gasteiger partial charge in [0.05, 0.1) is 13.2 Å². The summed E-state index contributed by atoms with van der Waals surface area (Å²) in [6.45, 7) is 2.28. The SMILES string of the molecule is O=C(CCl)N1CCC[C@@H]2CC3(CC[C@@H]21)OCCO3. The number of hydrogen-bond acceptors (Lipinski definition) is 3. The van der Waals surface area contributed by atoms with Crippen LogP contribution < -0.4 is 0 Å². The number of likely N-dealkylation sites (tertiary alicyclic amines) is 1. The van der Waals surface area contributed by atoms with Crippen LogP contribution in [0.3, 0.4) is 0 Å². The van der Waals surface area contributed by atoms with Crippen LogP contribution in [-0.4, -0.2) is 48.3 Å². The van der Waals surface area contributed by atoms with Crippen molar-refractivity contribution in [3.8, 4) is 0 Å². The van der Waals surface area contributed by atoms with E-state index in [0.29, 0.717) is 25.2 Å². The maximum atomic E-state index is 11.9. The fraction of sp³-hybridized carbons (Fsp3) is 0.923. The molecular formula is C13H20ClNO3. The highest BCUT2D eigenvalue weighted by Crippen LogP contribution is 2.44. The fourth-order valence-electron chi connectivity index (χ4n) is 3.78. The van der Waals surface area contributed by atoms with E-state index in [1.54, 1.807) is 0 Å². The van der Waals surface area contributed by atoms with Crippen molar-refractivity contribution >= 4 is 17.5 Å². The number of amides is 1. The van der Waals surface area contributed by atoms with Crippen molar-refractivity contribution in [3.63, 3.8) is 0 Å². The molecule has 1 spiro atoms. The molecule has 4 nitrogen and oxygen atoms in total. The fourth-order valence-corrected chi connectivity index (χ4v) is 3.93. The molecule has 0 radical (unpaired) electrons. The molecule has 18 heavy (non-hydrogen) atoms. The van der Waals surface area contributed by atoms with Gasteiger partial charge in [-0.25, -0.2) is 0 Å². The van der Waals surface area contributed by atoms with Gasteiger partial charge in [-0.1, -0.05) is 0 Å². The van der Waals surface area contributed by atoms with Crippen LogP contribution in [0.2, 0.25) is 0 Å². The summed E-state index contributed by atoms with van der Waals surface area (Å²) in [7, 11) is 0. The predicted molar refractivity (Wildman–Crippen MR) is 67.4 cm³/mol. The molecule has 1 amide bonds. The average molecular weight is 274 g/mol. The Morgan fingerprint density at radius 1 is 1.33 bits per heavy atom. The highest BCUT2D eigenvalue weighted by molar-refractivity contribution is 6.27. The Bertz CT molecular complexity index is 330. The number of ether oxygens (including phenoxy) is 2. The van der Waals surface area contributed by atoms with Crippen LogP contribution in [0.15, 0.2) is 0 Å². The molecular weight excluding hydrogens is 254 g/mol. The topological polar surface area (TPSA) is 38.8 Å². The molecule has 2 aliphatic heterocycles. The first-order valence-electron chi connectivity index (χ1n) is 6.87. The smallest absolute Gasteiger partial charge is 0.237 e. The van der Waals surface area contributed by atoms with E-state index in [1.807, 2.05) is 4.90 Å². The third-order valence-electron chi connectivity index (χ3n) is 4.56. The molecule has 2 saturated heterocycles. The Hall–Kier alpha value is -0.320. The van der Waals surface area contributed by atoms with E-state index in [9.17, 15) is 4.79 Å². The Morgan fingerprint density at radius 2 is 2.11 bits per heavy atom. The van der Waals surface area contributed by atoms with E-state index in [0.717, 1.165) is 32.2 Å². The van der Waals surface area contributed by atoms with Crippen LogP contribution >= 0.6 is 11.6 Å². The van der Waals surface area contributed by atoms with Crippen molar-refractivity contribution < 1.29 is 14.3 Å². The largest absolute Gasteiger partial charge is 0.348 e. The van der Waals surface area contributed by atoms with Gasteiger partial charge in [0.1, 0.15) is 5.88 Å². The molecule has 102 valence electrons. The summed E-state index contributed by atoms with van der Waals surface area (Å²) in [5.74, 6) is 0.351. The van der Waals surface area contributed by atoms with Crippen LogP contribution in [0.5, 0.6) is 0 Å². The van der Waals surface area contributed by atoms with Crippen LogP contribution in [0, 0.1) is 5.92 Å². The summed E-state index contributed by atoms with van der Waals surface area (Å²) >= 11 is 5.70. The van der Waals surface area contributed by atoms with Gasteiger partial charge in [-0.2, -0.15) is 0 Å². The van der Waals surface area contributed by atoms with Gasteiger partial charge in [0.25, 0.3) is 0 Å². The van der Waals surface area contributed by atoms with Gasteiger partial charge in [-0.15, -0.1) is 11.6 Å². The first-order chi connectivity index (χ1) is 8.74. The first kappa shape index (κ1) is 12.7. The van der Waals surface area contributed by atoms with Gasteiger partial charge in [0.15, 0.2) is 5.79 Å². The van der Waals surface area contributed by atoms with Gasteiger partial charge < -0.3 is 14.4 Å². The minimum absolute atomic E-state index is 0.0792. The Kier molecular flexibility index (Phi) is 3.52. The summed E-state index contributed by atoms with van der Waals surface area (Å²) < 4.78 is 11.6. The minimum atomic E-state index is -0.339. The lowest BCUT2D eigenvalue weighted by atomic mass is 9.75. The zero-order chi connectivity index (χ0) is 12.6. The second kappa shape index (κ2) is 4.99. The number of fused-ring (bicyclic) bond motifs is 1. The van der Waals surface area contributed by atoms with E-state index >= 15 is 0 Å². The minimum Gasteiger partial charge on any atom is -0.348 e. The number of nitrogens with zero attached hydrogens (tertiary/aromatic N) is 1. The number of alkyl halides is 1. The van der Waals surface area contributed by atoms with Gasteiger partial charge >= 0.3 is 0 Å². The van der Waals surface area contributed by atoms with E-state index in [4.69, 9.17) is 21.1 Å². The Balaban J connectivity index is 1.71. The van der Waals surface area contributed by atoms with Crippen LogP contribution in [-0.2, 0) is 14.3 Å². The van der Waals surface area contributed by atoms with Crippen molar-refractivity contribution in [3.05, 3.63) is 0 Å². The number of halogens is 1. The molecule has 1 aliphatic carbocycles. The van der Waals surface area contributed by atoms with Gasteiger partial charge in [-0.3, -0.25) is 4.79 Å². The molecule has 3 rings (SSSR count). The summed E-state index contributed by atoms with van der Waals surface area (Å²) in [5, 5.41) is 0. The normalized spacial score (nSPS) is 34.6. The lowest BCUT2D eigenvalue weighted by Gasteiger charge is -2.48. The molecule has 0 N–H and O–H groups in total. The number of carbonyl (C=O) groups excluding carboxylic acids is 1. The summed E-state index contributed by atoms with van der Waals surface area (Å²) in [6.07, 6.45) is 5.06. The molecule has 0 bridgehead atoms. The zero-order valence-corrected chi connectivity index (χ0v) is 11.3. The predicted octanol–water partition coefficient (Wildman–Crippen LogP) is 1.76. The summed E-state index contributed by atoms with van der Waals surface area (Å²) in [6, 6.07) is 0.350. The lowest BCUT2D eigenvalue weighted by Crippen LogP contribution is -2.54. The quantitative estimate of drug-likeness (QED) is 0.684. The molecule has 0 unspecified atom stereocenters. The second-order valence-corrected chi connectivity index (χ2v) is 5.81. The van der Waals surface area contributed by atoms with Crippen molar-refractivity contribution in [2.75, 3.05) is 25.6 Å². The molecule has 1 saturated carbocycles. The molecule has 0 aromatic rings. The van der Waals surface area contributed by atoms with E-state index in [-0.39, 0.29) is 17.6 Å². The molecule has 2 heterocycles. The summed E-state index contributed by atoms with van der Waals surface area (Å²) in [5.41, 5.74) is 0. The van der Waals surface area contributed by atoms with Crippen molar-refractivity contribution in [2.45, 2.75) is 43.9 Å². The number of piperidine rings is 1. The second-order valence-electron chi connectivity index (χ2n) is 5.54. The van der Waals surface area contributed by atoms with Crippen LogP contribution in [0.1, 0.15) is 32.1 Å². The number of hydrogen-bond donors (Lipinski definition) is 0. The summed E-state index contributed by atoms with van der Waals surface area (Å²) in [4.78, 5) is 13.9. The maximum Gasteiger partial charge on any atom is 0.237 e. The third kappa shape index (κ3) is 2.15. The Morgan fingerprint density at radius 3 is 2.83 bits per heavy atom. The molecule has 3 fully saturated rings. The highest BCUT2D eigenvalue weighted by Gasteiger charge is 2.48. The maximum absolute atomic E-state index is 11.9. The van der Waals surface area contributed by atoms with Crippen molar-refractivity contribution in [2.24, 2.45) is 5.92 Å². The number of carbonyl (C=O) groups is 1.